The van der Waals surface area contributed by atoms with E-state index in [1.165, 1.54) is 13.2 Å². The molecule has 1 aromatic carbocycles. The first-order chi connectivity index (χ1) is 8.19. The second-order valence-corrected chi connectivity index (χ2v) is 3.52. The van der Waals surface area contributed by atoms with E-state index in [9.17, 15) is 9.59 Å². The Morgan fingerprint density at radius 3 is 2.88 bits per heavy atom. The minimum atomic E-state index is -0.466. The molecule has 0 bridgehead atoms. The smallest absolute Gasteiger partial charge is 0.329 e. The van der Waals surface area contributed by atoms with E-state index in [2.05, 4.69) is 11.6 Å². The molecule has 2 aromatic rings. The number of para-hydroxylation sites is 1. The lowest BCUT2D eigenvalue weighted by Gasteiger charge is -2.06. The Labute approximate surface area is 97.0 Å². The normalized spacial score (nSPS) is 10.4. The second kappa shape index (κ2) is 4.29. The highest BCUT2D eigenvalue weighted by Crippen LogP contribution is 2.19. The van der Waals surface area contributed by atoms with E-state index in [1.54, 1.807) is 18.2 Å². The number of aromatic amines is 1. The van der Waals surface area contributed by atoms with Gasteiger partial charge in [-0.05, 0) is 12.1 Å². The van der Waals surface area contributed by atoms with Crippen LogP contribution < -0.4 is 16.0 Å². The molecule has 1 N–H and O–H groups in total. The SMILES string of the molecule is C=CCn1c(=O)[nH]c2c(OC)cccc2c1=O. The van der Waals surface area contributed by atoms with Crippen molar-refractivity contribution in [2.75, 3.05) is 7.11 Å². The Balaban J connectivity index is 2.90. The van der Waals surface area contributed by atoms with Gasteiger partial charge < -0.3 is 9.72 Å². The van der Waals surface area contributed by atoms with Crippen LogP contribution >= 0.6 is 0 Å². The van der Waals surface area contributed by atoms with Crippen molar-refractivity contribution < 1.29 is 4.74 Å². The third kappa shape index (κ3) is 1.75. The maximum Gasteiger partial charge on any atom is 0.329 e. The first-order valence-corrected chi connectivity index (χ1v) is 5.09. The standard InChI is InChI=1S/C12H12N2O3/c1-3-7-14-11(15)8-5-4-6-9(17-2)10(8)13-12(14)16/h3-6H,1,7H2,2H3,(H,13,16). The summed E-state index contributed by atoms with van der Waals surface area (Å²) < 4.78 is 6.19. The predicted octanol–water partition coefficient (Wildman–Crippen LogP) is 0.884. The van der Waals surface area contributed by atoms with Gasteiger partial charge in [-0.3, -0.25) is 9.36 Å². The van der Waals surface area contributed by atoms with Gasteiger partial charge in [-0.1, -0.05) is 12.1 Å². The number of allylic oxidation sites excluding steroid dienone is 1. The molecule has 0 spiro atoms. The highest BCUT2D eigenvalue weighted by Gasteiger charge is 2.09. The van der Waals surface area contributed by atoms with E-state index in [-0.39, 0.29) is 12.1 Å². The van der Waals surface area contributed by atoms with Gasteiger partial charge >= 0.3 is 5.69 Å². The van der Waals surface area contributed by atoms with Crippen molar-refractivity contribution in [2.24, 2.45) is 0 Å². The van der Waals surface area contributed by atoms with E-state index >= 15 is 0 Å². The molecular weight excluding hydrogens is 220 g/mol. The van der Waals surface area contributed by atoms with Crippen molar-refractivity contribution in [2.45, 2.75) is 6.54 Å². The molecule has 0 saturated carbocycles. The van der Waals surface area contributed by atoms with Gasteiger partial charge in [-0.15, -0.1) is 6.58 Å². The average molecular weight is 232 g/mol. The van der Waals surface area contributed by atoms with E-state index < -0.39 is 5.69 Å². The molecule has 0 atom stereocenters. The van der Waals surface area contributed by atoms with Gasteiger partial charge in [0.1, 0.15) is 5.75 Å². The predicted molar refractivity (Wildman–Crippen MR) is 65.6 cm³/mol. The fraction of sp³-hybridized carbons (Fsp3) is 0.167. The summed E-state index contributed by atoms with van der Waals surface area (Å²) in [6.07, 6.45) is 1.50. The zero-order chi connectivity index (χ0) is 12.4. The summed E-state index contributed by atoms with van der Waals surface area (Å²) in [6, 6.07) is 5.05. The first kappa shape index (κ1) is 11.2. The maximum atomic E-state index is 12.0. The molecule has 0 aliphatic carbocycles. The zero-order valence-electron chi connectivity index (χ0n) is 9.40. The second-order valence-electron chi connectivity index (χ2n) is 3.52. The summed E-state index contributed by atoms with van der Waals surface area (Å²) in [6.45, 7) is 3.70. The lowest BCUT2D eigenvalue weighted by atomic mass is 10.2. The highest BCUT2D eigenvalue weighted by molar-refractivity contribution is 5.83. The number of benzene rings is 1. The highest BCUT2D eigenvalue weighted by atomic mass is 16.5. The molecule has 0 saturated heterocycles. The summed E-state index contributed by atoms with van der Waals surface area (Å²) in [5.41, 5.74) is -0.389. The van der Waals surface area contributed by atoms with Crippen molar-refractivity contribution in [1.29, 1.82) is 0 Å². The molecular formula is C12H12N2O3. The fourth-order valence-corrected chi connectivity index (χ4v) is 1.72. The lowest BCUT2D eigenvalue weighted by Crippen LogP contribution is -2.34. The summed E-state index contributed by atoms with van der Waals surface area (Å²) in [5.74, 6) is 0.474. The number of hydrogen-bond acceptors (Lipinski definition) is 3. The van der Waals surface area contributed by atoms with Crippen LogP contribution in [0.5, 0.6) is 5.75 Å². The van der Waals surface area contributed by atoms with Crippen molar-refractivity contribution >= 4 is 10.9 Å². The third-order valence-electron chi connectivity index (χ3n) is 2.51. The molecule has 88 valence electrons. The minimum Gasteiger partial charge on any atom is -0.495 e. The number of nitrogens with one attached hydrogen (secondary N) is 1. The summed E-state index contributed by atoms with van der Waals surface area (Å²) in [5, 5.41) is 0.422. The van der Waals surface area contributed by atoms with Crippen LogP contribution in [0.25, 0.3) is 10.9 Å². The molecule has 0 aliphatic heterocycles. The molecule has 2 rings (SSSR count). The average Bonchev–Trinajstić information content (AvgIpc) is 2.34. The molecule has 17 heavy (non-hydrogen) atoms. The van der Waals surface area contributed by atoms with Crippen LogP contribution in [0.15, 0.2) is 40.4 Å². The van der Waals surface area contributed by atoms with Crippen LogP contribution in [-0.2, 0) is 6.54 Å². The lowest BCUT2D eigenvalue weighted by molar-refractivity contribution is 0.418. The van der Waals surface area contributed by atoms with Crippen molar-refractivity contribution in [1.82, 2.24) is 9.55 Å². The van der Waals surface area contributed by atoms with Crippen LogP contribution in [0, 0.1) is 0 Å². The molecule has 0 fully saturated rings. The number of hydrogen-bond donors (Lipinski definition) is 1. The van der Waals surface area contributed by atoms with Crippen molar-refractivity contribution in [3.8, 4) is 5.75 Å². The van der Waals surface area contributed by atoms with Crippen molar-refractivity contribution in [3.05, 3.63) is 51.7 Å². The number of fused-ring (bicyclic) bond motifs is 1. The third-order valence-corrected chi connectivity index (χ3v) is 2.51. The minimum absolute atomic E-state index is 0.182. The number of ether oxygens (including phenoxy) is 1. The Kier molecular flexibility index (Phi) is 2.82. The molecule has 1 aromatic heterocycles. The van der Waals surface area contributed by atoms with Gasteiger partial charge in [0, 0.05) is 6.54 Å². The number of H-pyrrole nitrogens is 1. The van der Waals surface area contributed by atoms with Crippen LogP contribution in [0.1, 0.15) is 0 Å². The summed E-state index contributed by atoms with van der Waals surface area (Å²) >= 11 is 0. The summed E-state index contributed by atoms with van der Waals surface area (Å²) in [7, 11) is 1.49. The van der Waals surface area contributed by atoms with Gasteiger partial charge in [0.2, 0.25) is 0 Å². The number of methoxy groups -OCH3 is 1. The van der Waals surface area contributed by atoms with E-state index in [4.69, 9.17) is 4.74 Å². The monoisotopic (exact) mass is 232 g/mol. The summed E-state index contributed by atoms with van der Waals surface area (Å²) in [4.78, 5) is 26.4. The van der Waals surface area contributed by atoms with Gasteiger partial charge in [-0.25, -0.2) is 4.79 Å². The molecule has 0 unspecified atom stereocenters. The number of nitrogens with zero attached hydrogens (tertiary/aromatic N) is 1. The zero-order valence-corrected chi connectivity index (χ0v) is 9.40. The molecule has 0 radical (unpaired) electrons. The molecule has 0 amide bonds. The first-order valence-electron chi connectivity index (χ1n) is 5.09. The van der Waals surface area contributed by atoms with E-state index in [1.807, 2.05) is 0 Å². The van der Waals surface area contributed by atoms with Gasteiger partial charge in [0.05, 0.1) is 18.0 Å². The van der Waals surface area contributed by atoms with Gasteiger partial charge in [-0.2, -0.15) is 0 Å². The topological polar surface area (TPSA) is 64.1 Å². The Morgan fingerprint density at radius 1 is 1.47 bits per heavy atom. The molecule has 0 aliphatic rings. The molecule has 1 heterocycles. The number of aromatic nitrogens is 2. The van der Waals surface area contributed by atoms with Crippen LogP contribution in [0.2, 0.25) is 0 Å². The van der Waals surface area contributed by atoms with Gasteiger partial charge in [0.15, 0.2) is 0 Å². The van der Waals surface area contributed by atoms with Crippen molar-refractivity contribution in [3.63, 3.8) is 0 Å². The Bertz CT molecular complexity index is 682. The largest absolute Gasteiger partial charge is 0.495 e. The maximum absolute atomic E-state index is 12.0. The Morgan fingerprint density at radius 2 is 2.24 bits per heavy atom. The Hall–Kier alpha value is -2.30. The van der Waals surface area contributed by atoms with E-state index in [0.29, 0.717) is 16.7 Å². The number of rotatable bonds is 3. The molecule has 5 heteroatoms. The fourth-order valence-electron chi connectivity index (χ4n) is 1.72. The van der Waals surface area contributed by atoms with Gasteiger partial charge in [0.25, 0.3) is 5.56 Å². The molecule has 5 nitrogen and oxygen atoms in total. The van der Waals surface area contributed by atoms with Crippen LogP contribution in [0.4, 0.5) is 0 Å². The van der Waals surface area contributed by atoms with Crippen LogP contribution in [0.3, 0.4) is 0 Å². The van der Waals surface area contributed by atoms with E-state index in [0.717, 1.165) is 4.57 Å². The quantitative estimate of drug-likeness (QED) is 0.799. The van der Waals surface area contributed by atoms with Crippen LogP contribution in [-0.4, -0.2) is 16.7 Å².